The van der Waals surface area contributed by atoms with Crippen molar-refractivity contribution < 1.29 is 0 Å². The maximum atomic E-state index is 8.80. The SMILES string of the molecule is CNCC1CCCN1CC1(CC#N)CC1. The molecule has 84 valence electrons. The first-order valence-electron chi connectivity index (χ1n) is 6.05. The van der Waals surface area contributed by atoms with Crippen molar-refractivity contribution in [2.24, 2.45) is 5.41 Å². The molecule has 1 aliphatic heterocycles. The molecule has 1 aliphatic carbocycles. The predicted octanol–water partition coefficient (Wildman–Crippen LogP) is 1.36. The van der Waals surface area contributed by atoms with Crippen LogP contribution in [0.15, 0.2) is 0 Å². The summed E-state index contributed by atoms with van der Waals surface area (Å²) in [6.07, 6.45) is 5.95. The first-order chi connectivity index (χ1) is 7.29. The van der Waals surface area contributed by atoms with Crippen molar-refractivity contribution in [2.75, 3.05) is 26.7 Å². The summed E-state index contributed by atoms with van der Waals surface area (Å²) in [6.45, 7) is 3.50. The van der Waals surface area contributed by atoms with Crippen molar-refractivity contribution in [3.63, 3.8) is 0 Å². The van der Waals surface area contributed by atoms with Gasteiger partial charge in [-0.2, -0.15) is 5.26 Å². The molecule has 0 aromatic carbocycles. The fraction of sp³-hybridized carbons (Fsp3) is 0.917. The standard InChI is InChI=1S/C12H21N3/c1-14-9-11-3-2-8-15(11)10-12(4-5-12)6-7-13/h11,14H,2-6,8-10H2,1H3. The van der Waals surface area contributed by atoms with Gasteiger partial charge in [0.15, 0.2) is 0 Å². The van der Waals surface area contributed by atoms with Gasteiger partial charge in [-0.1, -0.05) is 0 Å². The van der Waals surface area contributed by atoms with Crippen molar-refractivity contribution in [3.8, 4) is 6.07 Å². The highest BCUT2D eigenvalue weighted by molar-refractivity contribution is 5.02. The Bertz CT molecular complexity index is 252. The summed E-state index contributed by atoms with van der Waals surface area (Å²) in [5.41, 5.74) is 0.380. The number of hydrogen-bond donors (Lipinski definition) is 1. The van der Waals surface area contributed by atoms with Crippen molar-refractivity contribution >= 4 is 0 Å². The van der Waals surface area contributed by atoms with Crippen LogP contribution < -0.4 is 5.32 Å². The Morgan fingerprint density at radius 2 is 2.33 bits per heavy atom. The van der Waals surface area contributed by atoms with E-state index in [0.717, 1.165) is 19.5 Å². The molecule has 15 heavy (non-hydrogen) atoms. The van der Waals surface area contributed by atoms with Crippen molar-refractivity contribution in [2.45, 2.75) is 38.1 Å². The lowest BCUT2D eigenvalue weighted by atomic mass is 10.0. The quantitative estimate of drug-likeness (QED) is 0.740. The monoisotopic (exact) mass is 207 g/mol. The van der Waals surface area contributed by atoms with Crippen LogP contribution in [0, 0.1) is 16.7 Å². The summed E-state index contributed by atoms with van der Waals surface area (Å²) in [6, 6.07) is 3.06. The van der Waals surface area contributed by atoms with E-state index in [1.807, 2.05) is 7.05 Å². The largest absolute Gasteiger partial charge is 0.318 e. The molecule has 2 aliphatic rings. The minimum atomic E-state index is 0.380. The Balaban J connectivity index is 1.86. The molecule has 1 saturated heterocycles. The Kier molecular flexibility index (Phi) is 3.28. The molecule has 0 spiro atoms. The van der Waals surface area contributed by atoms with Gasteiger partial charge in [-0.05, 0) is 44.7 Å². The van der Waals surface area contributed by atoms with Gasteiger partial charge in [0, 0.05) is 25.6 Å². The van der Waals surface area contributed by atoms with Gasteiger partial charge in [-0.3, -0.25) is 4.90 Å². The number of likely N-dealkylation sites (tertiary alicyclic amines) is 1. The Hall–Kier alpha value is -0.590. The minimum Gasteiger partial charge on any atom is -0.318 e. The number of rotatable bonds is 5. The van der Waals surface area contributed by atoms with Crippen LogP contribution in [-0.2, 0) is 0 Å². The maximum absolute atomic E-state index is 8.80. The third kappa shape index (κ3) is 2.50. The second-order valence-corrected chi connectivity index (χ2v) is 5.16. The van der Waals surface area contributed by atoms with Gasteiger partial charge in [0.25, 0.3) is 0 Å². The lowest BCUT2D eigenvalue weighted by Gasteiger charge is -2.27. The van der Waals surface area contributed by atoms with Crippen molar-refractivity contribution in [3.05, 3.63) is 0 Å². The summed E-state index contributed by atoms with van der Waals surface area (Å²) in [7, 11) is 2.03. The number of hydrogen-bond acceptors (Lipinski definition) is 3. The van der Waals surface area contributed by atoms with Crippen LogP contribution in [0.5, 0.6) is 0 Å². The van der Waals surface area contributed by atoms with Crippen LogP contribution in [-0.4, -0.2) is 37.6 Å². The highest BCUT2D eigenvalue weighted by atomic mass is 15.2. The number of nitrogens with zero attached hydrogens (tertiary/aromatic N) is 2. The fourth-order valence-electron chi connectivity index (χ4n) is 2.74. The topological polar surface area (TPSA) is 39.1 Å². The van der Waals surface area contributed by atoms with E-state index >= 15 is 0 Å². The predicted molar refractivity (Wildman–Crippen MR) is 60.4 cm³/mol. The van der Waals surface area contributed by atoms with Gasteiger partial charge in [0.2, 0.25) is 0 Å². The van der Waals surface area contributed by atoms with Gasteiger partial charge in [-0.15, -0.1) is 0 Å². The summed E-state index contributed by atoms with van der Waals surface area (Å²) in [5, 5.41) is 12.1. The third-order valence-electron chi connectivity index (χ3n) is 3.89. The van der Waals surface area contributed by atoms with E-state index in [4.69, 9.17) is 5.26 Å². The number of nitrogens with one attached hydrogen (secondary N) is 1. The molecule has 2 rings (SSSR count). The Morgan fingerprint density at radius 3 is 2.93 bits per heavy atom. The fourth-order valence-corrected chi connectivity index (χ4v) is 2.74. The normalized spacial score (nSPS) is 28.9. The average Bonchev–Trinajstić information content (AvgIpc) is 2.83. The molecule has 3 heteroatoms. The zero-order chi connectivity index (χ0) is 10.7. The van der Waals surface area contributed by atoms with Gasteiger partial charge >= 0.3 is 0 Å². The Labute approximate surface area is 92.4 Å². The molecule has 0 aromatic rings. The van der Waals surface area contributed by atoms with Crippen molar-refractivity contribution in [1.29, 1.82) is 5.26 Å². The van der Waals surface area contributed by atoms with E-state index in [-0.39, 0.29) is 0 Å². The molecule has 1 heterocycles. The van der Waals surface area contributed by atoms with Gasteiger partial charge in [0.1, 0.15) is 0 Å². The highest BCUT2D eigenvalue weighted by Gasteiger charge is 2.45. The summed E-state index contributed by atoms with van der Waals surface area (Å²) < 4.78 is 0. The summed E-state index contributed by atoms with van der Waals surface area (Å²) in [5.74, 6) is 0. The average molecular weight is 207 g/mol. The first kappa shape index (κ1) is 10.9. The summed E-state index contributed by atoms with van der Waals surface area (Å²) >= 11 is 0. The van der Waals surface area contributed by atoms with E-state index < -0.39 is 0 Å². The molecule has 0 amide bonds. The zero-order valence-electron chi connectivity index (χ0n) is 9.63. The van der Waals surface area contributed by atoms with E-state index in [1.54, 1.807) is 0 Å². The van der Waals surface area contributed by atoms with E-state index in [1.165, 1.54) is 32.2 Å². The van der Waals surface area contributed by atoms with Crippen LogP contribution in [0.2, 0.25) is 0 Å². The molecule has 2 fully saturated rings. The van der Waals surface area contributed by atoms with Crippen LogP contribution >= 0.6 is 0 Å². The number of nitriles is 1. The van der Waals surface area contributed by atoms with Gasteiger partial charge in [-0.25, -0.2) is 0 Å². The lowest BCUT2D eigenvalue weighted by molar-refractivity contribution is 0.203. The molecule has 0 aromatic heterocycles. The second-order valence-electron chi connectivity index (χ2n) is 5.16. The molecule has 1 saturated carbocycles. The van der Waals surface area contributed by atoms with E-state index in [2.05, 4.69) is 16.3 Å². The molecule has 1 N–H and O–H groups in total. The lowest BCUT2D eigenvalue weighted by Crippen LogP contribution is -2.40. The zero-order valence-corrected chi connectivity index (χ0v) is 9.63. The second kappa shape index (κ2) is 4.51. The molecular weight excluding hydrogens is 186 g/mol. The van der Waals surface area contributed by atoms with Crippen LogP contribution in [0.1, 0.15) is 32.1 Å². The maximum Gasteiger partial charge on any atom is 0.0628 e. The molecule has 1 unspecified atom stereocenters. The van der Waals surface area contributed by atoms with E-state index in [0.29, 0.717) is 11.5 Å². The van der Waals surface area contributed by atoms with Gasteiger partial charge < -0.3 is 5.32 Å². The molecular formula is C12H21N3. The smallest absolute Gasteiger partial charge is 0.0628 e. The van der Waals surface area contributed by atoms with Crippen LogP contribution in [0.4, 0.5) is 0 Å². The van der Waals surface area contributed by atoms with Crippen molar-refractivity contribution in [1.82, 2.24) is 10.2 Å². The van der Waals surface area contributed by atoms with E-state index in [9.17, 15) is 0 Å². The third-order valence-corrected chi connectivity index (χ3v) is 3.89. The Morgan fingerprint density at radius 1 is 1.53 bits per heavy atom. The molecule has 0 radical (unpaired) electrons. The number of likely N-dealkylation sites (N-methyl/N-ethyl adjacent to an activating group) is 1. The molecule has 0 bridgehead atoms. The molecule has 3 nitrogen and oxygen atoms in total. The molecule has 1 atom stereocenters. The summed E-state index contributed by atoms with van der Waals surface area (Å²) in [4.78, 5) is 2.60. The minimum absolute atomic E-state index is 0.380. The first-order valence-corrected chi connectivity index (χ1v) is 6.05. The highest BCUT2D eigenvalue weighted by Crippen LogP contribution is 2.49. The van der Waals surface area contributed by atoms with Crippen LogP contribution in [0.3, 0.4) is 0 Å². The van der Waals surface area contributed by atoms with Gasteiger partial charge in [0.05, 0.1) is 6.07 Å². The van der Waals surface area contributed by atoms with Crippen LogP contribution in [0.25, 0.3) is 0 Å².